The molecule has 2 aromatic heterocycles. The van der Waals surface area contributed by atoms with Crippen LogP contribution in [0.1, 0.15) is 35.0 Å². The SMILES string of the molecule is COC(=O)c1ccc(C(C)Oc2ccc(C)nc2)o1. The van der Waals surface area contributed by atoms with E-state index < -0.39 is 5.97 Å². The molecular weight excluding hydrogens is 246 g/mol. The van der Waals surface area contributed by atoms with Gasteiger partial charge in [0.05, 0.1) is 13.3 Å². The summed E-state index contributed by atoms with van der Waals surface area (Å²) >= 11 is 0. The minimum Gasteiger partial charge on any atom is -0.481 e. The number of hydrogen-bond donors (Lipinski definition) is 0. The van der Waals surface area contributed by atoms with Crippen molar-refractivity contribution in [1.29, 1.82) is 0 Å². The van der Waals surface area contributed by atoms with Crippen molar-refractivity contribution in [3.05, 3.63) is 47.7 Å². The number of carbonyl (C=O) groups excluding carboxylic acids is 1. The van der Waals surface area contributed by atoms with E-state index >= 15 is 0 Å². The number of hydrogen-bond acceptors (Lipinski definition) is 5. The fourth-order valence-electron chi connectivity index (χ4n) is 1.57. The van der Waals surface area contributed by atoms with Crippen molar-refractivity contribution in [2.75, 3.05) is 7.11 Å². The van der Waals surface area contributed by atoms with Crippen molar-refractivity contribution in [3.63, 3.8) is 0 Å². The summed E-state index contributed by atoms with van der Waals surface area (Å²) in [7, 11) is 1.31. The van der Waals surface area contributed by atoms with Gasteiger partial charge in [0.25, 0.3) is 0 Å². The number of pyridine rings is 1. The number of furan rings is 1. The van der Waals surface area contributed by atoms with Crippen LogP contribution in [0.2, 0.25) is 0 Å². The Bertz CT molecular complexity index is 559. The fraction of sp³-hybridized carbons (Fsp3) is 0.286. The summed E-state index contributed by atoms with van der Waals surface area (Å²) in [6.45, 7) is 3.74. The molecular formula is C14H15NO4. The van der Waals surface area contributed by atoms with Crippen LogP contribution in [-0.2, 0) is 4.74 Å². The molecule has 0 fully saturated rings. The molecule has 2 aromatic rings. The van der Waals surface area contributed by atoms with E-state index in [2.05, 4.69) is 9.72 Å². The third-order valence-electron chi connectivity index (χ3n) is 2.61. The zero-order valence-corrected chi connectivity index (χ0v) is 11.0. The van der Waals surface area contributed by atoms with E-state index in [9.17, 15) is 4.79 Å². The van der Waals surface area contributed by atoms with Gasteiger partial charge in [0.1, 0.15) is 11.5 Å². The minimum absolute atomic E-state index is 0.162. The molecule has 2 heterocycles. The average Bonchev–Trinajstić information content (AvgIpc) is 2.90. The Kier molecular flexibility index (Phi) is 3.85. The minimum atomic E-state index is -0.504. The highest BCUT2D eigenvalue weighted by atomic mass is 16.5. The second-order valence-electron chi connectivity index (χ2n) is 4.09. The second-order valence-corrected chi connectivity index (χ2v) is 4.09. The molecule has 0 aliphatic heterocycles. The van der Waals surface area contributed by atoms with Gasteiger partial charge in [-0.15, -0.1) is 0 Å². The first-order valence-electron chi connectivity index (χ1n) is 5.87. The molecule has 100 valence electrons. The Morgan fingerprint density at radius 3 is 2.74 bits per heavy atom. The lowest BCUT2D eigenvalue weighted by Gasteiger charge is -2.11. The van der Waals surface area contributed by atoms with E-state index in [-0.39, 0.29) is 11.9 Å². The van der Waals surface area contributed by atoms with Crippen molar-refractivity contribution in [2.45, 2.75) is 20.0 Å². The monoisotopic (exact) mass is 261 g/mol. The molecule has 1 atom stereocenters. The third-order valence-corrected chi connectivity index (χ3v) is 2.61. The number of rotatable bonds is 4. The van der Waals surface area contributed by atoms with Crippen molar-refractivity contribution in [2.24, 2.45) is 0 Å². The zero-order valence-electron chi connectivity index (χ0n) is 11.0. The van der Waals surface area contributed by atoms with E-state index in [0.717, 1.165) is 5.69 Å². The topological polar surface area (TPSA) is 61.6 Å². The Labute approximate surface area is 111 Å². The zero-order chi connectivity index (χ0) is 13.8. The van der Waals surface area contributed by atoms with Crippen LogP contribution in [-0.4, -0.2) is 18.1 Å². The highest BCUT2D eigenvalue weighted by Crippen LogP contribution is 2.23. The standard InChI is InChI=1S/C14H15NO4/c1-9-4-5-11(8-15-9)18-10(2)12-6-7-13(19-12)14(16)17-3/h4-8,10H,1-3H3. The van der Waals surface area contributed by atoms with Gasteiger partial charge in [-0.1, -0.05) is 0 Å². The van der Waals surface area contributed by atoms with Gasteiger partial charge < -0.3 is 13.9 Å². The molecule has 5 heteroatoms. The summed E-state index contributed by atoms with van der Waals surface area (Å²) in [5.74, 6) is 0.862. The normalized spacial score (nSPS) is 11.9. The number of methoxy groups -OCH3 is 1. The van der Waals surface area contributed by atoms with E-state index in [1.165, 1.54) is 7.11 Å². The molecule has 0 aliphatic rings. The first kappa shape index (κ1) is 13.1. The largest absolute Gasteiger partial charge is 0.481 e. The predicted molar refractivity (Wildman–Crippen MR) is 68.1 cm³/mol. The molecule has 5 nitrogen and oxygen atoms in total. The molecule has 0 N–H and O–H groups in total. The number of aryl methyl sites for hydroxylation is 1. The van der Waals surface area contributed by atoms with Gasteiger partial charge in [-0.3, -0.25) is 4.98 Å². The van der Waals surface area contributed by atoms with Gasteiger partial charge in [0, 0.05) is 5.69 Å². The van der Waals surface area contributed by atoms with Crippen molar-refractivity contribution in [1.82, 2.24) is 4.98 Å². The van der Waals surface area contributed by atoms with E-state index in [4.69, 9.17) is 9.15 Å². The van der Waals surface area contributed by atoms with Crippen LogP contribution in [0.15, 0.2) is 34.9 Å². The Morgan fingerprint density at radius 1 is 1.32 bits per heavy atom. The summed E-state index contributed by atoms with van der Waals surface area (Å²) in [4.78, 5) is 15.4. The molecule has 0 aliphatic carbocycles. The van der Waals surface area contributed by atoms with Crippen LogP contribution in [0.5, 0.6) is 5.75 Å². The lowest BCUT2D eigenvalue weighted by molar-refractivity contribution is 0.0558. The number of ether oxygens (including phenoxy) is 2. The molecule has 2 rings (SSSR count). The van der Waals surface area contributed by atoms with Crippen LogP contribution < -0.4 is 4.74 Å². The van der Waals surface area contributed by atoms with Crippen molar-refractivity contribution >= 4 is 5.97 Å². The van der Waals surface area contributed by atoms with Crippen LogP contribution in [0, 0.1) is 6.92 Å². The predicted octanol–water partition coefficient (Wildman–Crippen LogP) is 2.91. The van der Waals surface area contributed by atoms with E-state index in [1.807, 2.05) is 26.0 Å². The molecule has 0 saturated heterocycles. The third kappa shape index (κ3) is 3.13. The van der Waals surface area contributed by atoms with Crippen LogP contribution >= 0.6 is 0 Å². The first-order valence-corrected chi connectivity index (χ1v) is 5.87. The highest BCUT2D eigenvalue weighted by Gasteiger charge is 2.16. The fourth-order valence-corrected chi connectivity index (χ4v) is 1.57. The molecule has 19 heavy (non-hydrogen) atoms. The maximum atomic E-state index is 11.3. The maximum absolute atomic E-state index is 11.3. The summed E-state index contributed by atoms with van der Waals surface area (Å²) in [5.41, 5.74) is 0.922. The molecule has 0 radical (unpaired) electrons. The number of nitrogens with zero attached hydrogens (tertiary/aromatic N) is 1. The second kappa shape index (κ2) is 5.56. The molecule has 0 bridgehead atoms. The molecule has 0 spiro atoms. The van der Waals surface area contributed by atoms with Crippen molar-refractivity contribution < 1.29 is 18.7 Å². The number of esters is 1. The van der Waals surface area contributed by atoms with Gasteiger partial charge >= 0.3 is 5.97 Å². The van der Waals surface area contributed by atoms with Gasteiger partial charge in [-0.25, -0.2) is 4.79 Å². The number of aromatic nitrogens is 1. The first-order chi connectivity index (χ1) is 9.10. The smallest absolute Gasteiger partial charge is 0.373 e. The van der Waals surface area contributed by atoms with E-state index in [1.54, 1.807) is 18.3 Å². The van der Waals surface area contributed by atoms with Gasteiger partial charge in [-0.05, 0) is 38.1 Å². The quantitative estimate of drug-likeness (QED) is 0.792. The highest BCUT2D eigenvalue weighted by molar-refractivity contribution is 5.86. The number of carbonyl (C=O) groups is 1. The average molecular weight is 261 g/mol. The Balaban J connectivity index is 2.07. The lowest BCUT2D eigenvalue weighted by Crippen LogP contribution is -2.03. The molecule has 0 saturated carbocycles. The van der Waals surface area contributed by atoms with Gasteiger partial charge in [-0.2, -0.15) is 0 Å². The summed E-state index contributed by atoms with van der Waals surface area (Å²) in [6.07, 6.45) is 1.33. The maximum Gasteiger partial charge on any atom is 0.373 e. The molecule has 0 aromatic carbocycles. The van der Waals surface area contributed by atoms with Gasteiger partial charge in [0.15, 0.2) is 6.10 Å². The van der Waals surface area contributed by atoms with Crippen LogP contribution in [0.4, 0.5) is 0 Å². The van der Waals surface area contributed by atoms with Crippen LogP contribution in [0.3, 0.4) is 0 Å². The summed E-state index contributed by atoms with van der Waals surface area (Å²) in [6, 6.07) is 6.96. The van der Waals surface area contributed by atoms with Crippen molar-refractivity contribution in [3.8, 4) is 5.75 Å². The van der Waals surface area contributed by atoms with Gasteiger partial charge in [0.2, 0.25) is 5.76 Å². The van der Waals surface area contributed by atoms with Crippen LogP contribution in [0.25, 0.3) is 0 Å². The summed E-state index contributed by atoms with van der Waals surface area (Å²) in [5, 5.41) is 0. The molecule has 1 unspecified atom stereocenters. The molecule has 0 amide bonds. The Hall–Kier alpha value is -2.30. The lowest BCUT2D eigenvalue weighted by atomic mass is 10.3. The Morgan fingerprint density at radius 2 is 2.11 bits per heavy atom. The van der Waals surface area contributed by atoms with E-state index in [0.29, 0.717) is 11.5 Å². The summed E-state index contributed by atoms with van der Waals surface area (Å²) < 4.78 is 15.6.